The number of hydrogen-bond donors (Lipinski definition) is 1. The molecular formula is C14H24N4O3S. The number of rotatable bonds is 6. The Bertz CT molecular complexity index is 600. The van der Waals surface area contributed by atoms with Crippen molar-refractivity contribution in [3.8, 4) is 0 Å². The van der Waals surface area contributed by atoms with Crippen molar-refractivity contribution < 1.29 is 13.2 Å². The zero-order chi connectivity index (χ0) is 16.3. The van der Waals surface area contributed by atoms with Crippen LogP contribution in [0.5, 0.6) is 0 Å². The zero-order valence-electron chi connectivity index (χ0n) is 13.3. The van der Waals surface area contributed by atoms with Crippen molar-refractivity contribution in [2.75, 3.05) is 18.6 Å². The van der Waals surface area contributed by atoms with Crippen molar-refractivity contribution in [2.24, 2.45) is 0 Å². The van der Waals surface area contributed by atoms with E-state index in [4.69, 9.17) is 0 Å². The predicted octanol–water partition coefficient (Wildman–Crippen LogP) is -0.105. The van der Waals surface area contributed by atoms with E-state index in [1.165, 1.54) is 0 Å². The average Bonchev–Trinajstić information content (AvgIpc) is 3.06. The van der Waals surface area contributed by atoms with Crippen molar-refractivity contribution in [1.29, 1.82) is 0 Å². The zero-order valence-corrected chi connectivity index (χ0v) is 14.1. The van der Waals surface area contributed by atoms with Gasteiger partial charge in [-0.2, -0.15) is 5.10 Å². The third-order valence-corrected chi connectivity index (χ3v) is 5.78. The Morgan fingerprint density at radius 1 is 1.50 bits per heavy atom. The van der Waals surface area contributed by atoms with Gasteiger partial charge < -0.3 is 10.2 Å². The van der Waals surface area contributed by atoms with Gasteiger partial charge in [-0.3, -0.25) is 9.48 Å². The van der Waals surface area contributed by atoms with Crippen LogP contribution in [0.15, 0.2) is 18.5 Å². The normalized spacial score (nSPS) is 23.1. The van der Waals surface area contributed by atoms with Gasteiger partial charge in [-0.1, -0.05) is 0 Å². The van der Waals surface area contributed by atoms with E-state index < -0.39 is 9.84 Å². The van der Waals surface area contributed by atoms with Gasteiger partial charge in [0.05, 0.1) is 24.1 Å². The van der Waals surface area contributed by atoms with Gasteiger partial charge in [0, 0.05) is 31.5 Å². The first kappa shape index (κ1) is 17.0. The maximum Gasteiger partial charge on any atom is 0.239 e. The Morgan fingerprint density at radius 2 is 2.23 bits per heavy atom. The van der Waals surface area contributed by atoms with E-state index in [2.05, 4.69) is 10.4 Å². The minimum Gasteiger partial charge on any atom is -0.340 e. The molecule has 1 aromatic heterocycles. The Hall–Kier alpha value is -1.41. The first-order valence-corrected chi connectivity index (χ1v) is 9.31. The minimum absolute atomic E-state index is 0.0742. The SMILES string of the molecule is C[C@H](Cn1cccn1)N[C@@H](C)C(=O)N(C)[C@H]1CCS(=O)(=O)C1. The van der Waals surface area contributed by atoms with Crippen LogP contribution in [0.2, 0.25) is 0 Å². The fourth-order valence-electron chi connectivity index (χ4n) is 2.81. The molecule has 1 fully saturated rings. The van der Waals surface area contributed by atoms with E-state index in [1.807, 2.05) is 30.8 Å². The van der Waals surface area contributed by atoms with Crippen LogP contribution in [0.4, 0.5) is 0 Å². The molecule has 1 saturated heterocycles. The summed E-state index contributed by atoms with van der Waals surface area (Å²) in [6.45, 7) is 4.47. The van der Waals surface area contributed by atoms with Gasteiger partial charge in [-0.15, -0.1) is 0 Å². The summed E-state index contributed by atoms with van der Waals surface area (Å²) in [5.74, 6) is 0.173. The van der Waals surface area contributed by atoms with Crippen LogP contribution in [0, 0.1) is 0 Å². The van der Waals surface area contributed by atoms with E-state index in [-0.39, 0.29) is 35.5 Å². The Kier molecular flexibility index (Phi) is 5.23. The summed E-state index contributed by atoms with van der Waals surface area (Å²) in [6.07, 6.45) is 4.12. The fourth-order valence-corrected chi connectivity index (χ4v) is 4.58. The Morgan fingerprint density at radius 3 is 2.77 bits per heavy atom. The molecule has 7 nitrogen and oxygen atoms in total. The maximum absolute atomic E-state index is 12.4. The second-order valence-corrected chi connectivity index (χ2v) is 8.25. The Labute approximate surface area is 131 Å². The van der Waals surface area contributed by atoms with Gasteiger partial charge in [-0.25, -0.2) is 8.42 Å². The molecule has 0 radical (unpaired) electrons. The molecule has 1 N–H and O–H groups in total. The molecule has 2 heterocycles. The van der Waals surface area contributed by atoms with Crippen molar-refractivity contribution in [3.63, 3.8) is 0 Å². The highest BCUT2D eigenvalue weighted by Gasteiger charge is 2.34. The third-order valence-electron chi connectivity index (χ3n) is 4.03. The molecule has 1 aliphatic heterocycles. The van der Waals surface area contributed by atoms with E-state index in [9.17, 15) is 13.2 Å². The van der Waals surface area contributed by atoms with E-state index in [1.54, 1.807) is 18.1 Å². The van der Waals surface area contributed by atoms with Crippen LogP contribution in [0.3, 0.4) is 0 Å². The number of nitrogens with zero attached hydrogens (tertiary/aromatic N) is 3. The summed E-state index contributed by atoms with van der Waals surface area (Å²) in [7, 11) is -1.30. The average molecular weight is 328 g/mol. The lowest BCUT2D eigenvalue weighted by molar-refractivity contribution is -0.133. The summed E-state index contributed by atoms with van der Waals surface area (Å²) in [6, 6.07) is 1.37. The summed E-state index contributed by atoms with van der Waals surface area (Å²) in [5.41, 5.74) is 0. The number of amides is 1. The molecule has 0 aliphatic carbocycles. The molecule has 1 aromatic rings. The largest absolute Gasteiger partial charge is 0.340 e. The molecule has 22 heavy (non-hydrogen) atoms. The lowest BCUT2D eigenvalue weighted by Gasteiger charge is -2.28. The molecule has 8 heteroatoms. The molecule has 0 bridgehead atoms. The van der Waals surface area contributed by atoms with Crippen LogP contribution in [-0.4, -0.2) is 65.7 Å². The minimum atomic E-state index is -2.98. The molecule has 0 unspecified atom stereocenters. The van der Waals surface area contributed by atoms with Gasteiger partial charge in [-0.05, 0) is 26.3 Å². The van der Waals surface area contributed by atoms with Crippen LogP contribution in [-0.2, 0) is 21.2 Å². The highest BCUT2D eigenvalue weighted by Crippen LogP contribution is 2.17. The highest BCUT2D eigenvalue weighted by molar-refractivity contribution is 7.91. The second-order valence-electron chi connectivity index (χ2n) is 6.02. The molecular weight excluding hydrogens is 304 g/mol. The van der Waals surface area contributed by atoms with Crippen LogP contribution in [0.1, 0.15) is 20.3 Å². The number of hydrogen-bond acceptors (Lipinski definition) is 5. The molecule has 1 aliphatic rings. The van der Waals surface area contributed by atoms with Crippen LogP contribution in [0.25, 0.3) is 0 Å². The lowest BCUT2D eigenvalue weighted by Crippen LogP contribution is -2.50. The van der Waals surface area contributed by atoms with Crippen molar-refractivity contribution in [2.45, 2.75) is 44.9 Å². The molecule has 124 valence electrons. The molecule has 0 spiro atoms. The van der Waals surface area contributed by atoms with Gasteiger partial charge in [0.1, 0.15) is 0 Å². The fraction of sp³-hybridized carbons (Fsp3) is 0.714. The summed E-state index contributed by atoms with van der Waals surface area (Å²) >= 11 is 0. The number of likely N-dealkylation sites (N-methyl/N-ethyl adjacent to an activating group) is 1. The summed E-state index contributed by atoms with van der Waals surface area (Å²) in [4.78, 5) is 14.0. The first-order chi connectivity index (χ1) is 10.3. The number of aromatic nitrogens is 2. The maximum atomic E-state index is 12.4. The van der Waals surface area contributed by atoms with Crippen LogP contribution < -0.4 is 5.32 Å². The molecule has 3 atom stereocenters. The smallest absolute Gasteiger partial charge is 0.239 e. The van der Waals surface area contributed by atoms with Crippen molar-refractivity contribution in [3.05, 3.63) is 18.5 Å². The number of carbonyl (C=O) groups is 1. The van der Waals surface area contributed by atoms with E-state index in [0.717, 1.165) is 0 Å². The number of sulfone groups is 1. The Balaban J connectivity index is 1.86. The highest BCUT2D eigenvalue weighted by atomic mass is 32.2. The van der Waals surface area contributed by atoms with Gasteiger partial charge in [0.2, 0.25) is 5.91 Å². The number of carbonyl (C=O) groups excluding carboxylic acids is 1. The predicted molar refractivity (Wildman–Crippen MR) is 84.1 cm³/mol. The molecule has 2 rings (SSSR count). The van der Waals surface area contributed by atoms with Gasteiger partial charge in [0.15, 0.2) is 9.84 Å². The quantitative estimate of drug-likeness (QED) is 0.788. The van der Waals surface area contributed by atoms with Gasteiger partial charge >= 0.3 is 0 Å². The summed E-state index contributed by atoms with van der Waals surface area (Å²) in [5, 5.41) is 7.38. The van der Waals surface area contributed by atoms with Crippen molar-refractivity contribution in [1.82, 2.24) is 20.0 Å². The summed E-state index contributed by atoms with van der Waals surface area (Å²) < 4.78 is 24.9. The third kappa shape index (κ3) is 4.30. The van der Waals surface area contributed by atoms with Crippen LogP contribution >= 0.6 is 0 Å². The monoisotopic (exact) mass is 328 g/mol. The topological polar surface area (TPSA) is 84.3 Å². The van der Waals surface area contributed by atoms with Gasteiger partial charge in [0.25, 0.3) is 0 Å². The lowest BCUT2D eigenvalue weighted by atomic mass is 10.2. The number of nitrogens with one attached hydrogen (secondary N) is 1. The van der Waals surface area contributed by atoms with E-state index in [0.29, 0.717) is 13.0 Å². The first-order valence-electron chi connectivity index (χ1n) is 7.49. The van der Waals surface area contributed by atoms with Crippen molar-refractivity contribution >= 4 is 15.7 Å². The molecule has 0 saturated carbocycles. The van der Waals surface area contributed by atoms with E-state index >= 15 is 0 Å². The second kappa shape index (κ2) is 6.78. The molecule has 0 aromatic carbocycles. The standard InChI is InChI=1S/C14H24N4O3S/c1-11(9-18-7-4-6-15-18)16-12(2)14(19)17(3)13-5-8-22(20,21)10-13/h4,6-7,11-13,16H,5,8-10H2,1-3H3/t11-,12+,13+/m1/s1. The molecule has 1 amide bonds.